The molecule has 0 aliphatic heterocycles. The largest absolute Gasteiger partial charge is 0.495 e. The Labute approximate surface area is 120 Å². The van der Waals surface area contributed by atoms with Crippen LogP contribution in [0.2, 0.25) is 0 Å². The summed E-state index contributed by atoms with van der Waals surface area (Å²) in [6, 6.07) is 14.2. The standard InChI is InChI=1S/C17H21NO2/c1-12-7-8-16(17(9-12)20-3)18-13(2)15-6-4-5-14(10-15)11-19/h4-10,13,18-19H,11H2,1-3H3. The first-order valence-corrected chi connectivity index (χ1v) is 6.75. The van der Waals surface area contributed by atoms with E-state index in [1.54, 1.807) is 7.11 Å². The maximum absolute atomic E-state index is 9.21. The SMILES string of the molecule is COc1cc(C)ccc1NC(C)c1cccc(CO)c1. The monoisotopic (exact) mass is 271 g/mol. The van der Waals surface area contributed by atoms with E-state index in [1.165, 1.54) is 5.56 Å². The molecular weight excluding hydrogens is 250 g/mol. The van der Waals surface area contributed by atoms with Gasteiger partial charge in [-0.1, -0.05) is 30.3 Å². The molecule has 106 valence electrons. The average Bonchev–Trinajstić information content (AvgIpc) is 2.49. The predicted octanol–water partition coefficient (Wildman–Crippen LogP) is 3.67. The Bertz CT molecular complexity index is 581. The van der Waals surface area contributed by atoms with Gasteiger partial charge in [0.2, 0.25) is 0 Å². The van der Waals surface area contributed by atoms with Gasteiger partial charge in [0, 0.05) is 6.04 Å². The van der Waals surface area contributed by atoms with Gasteiger partial charge in [-0.05, 0) is 42.7 Å². The van der Waals surface area contributed by atoms with Gasteiger partial charge in [0.25, 0.3) is 0 Å². The van der Waals surface area contributed by atoms with E-state index in [2.05, 4.69) is 24.4 Å². The fourth-order valence-electron chi connectivity index (χ4n) is 2.20. The molecule has 0 aromatic heterocycles. The number of nitrogens with one attached hydrogen (secondary N) is 1. The number of rotatable bonds is 5. The fraction of sp³-hybridized carbons (Fsp3) is 0.294. The Morgan fingerprint density at radius 1 is 1.20 bits per heavy atom. The van der Waals surface area contributed by atoms with Crippen LogP contribution in [0.5, 0.6) is 5.75 Å². The summed E-state index contributed by atoms with van der Waals surface area (Å²) in [7, 11) is 1.68. The number of ether oxygens (including phenoxy) is 1. The Hall–Kier alpha value is -2.00. The summed E-state index contributed by atoms with van der Waals surface area (Å²) >= 11 is 0. The molecule has 20 heavy (non-hydrogen) atoms. The molecule has 2 aromatic carbocycles. The van der Waals surface area contributed by atoms with Crippen molar-refractivity contribution in [2.24, 2.45) is 0 Å². The second-order valence-electron chi connectivity index (χ2n) is 4.97. The van der Waals surface area contributed by atoms with E-state index in [-0.39, 0.29) is 12.6 Å². The van der Waals surface area contributed by atoms with Gasteiger partial charge in [-0.3, -0.25) is 0 Å². The normalized spacial score (nSPS) is 12.0. The Morgan fingerprint density at radius 2 is 2.00 bits per heavy atom. The summed E-state index contributed by atoms with van der Waals surface area (Å²) in [6.07, 6.45) is 0. The van der Waals surface area contributed by atoms with Crippen LogP contribution in [0, 0.1) is 6.92 Å². The molecule has 0 spiro atoms. The Kier molecular flexibility index (Phi) is 4.64. The lowest BCUT2D eigenvalue weighted by molar-refractivity contribution is 0.281. The minimum Gasteiger partial charge on any atom is -0.495 e. The molecule has 2 N–H and O–H groups in total. The average molecular weight is 271 g/mol. The van der Waals surface area contributed by atoms with Gasteiger partial charge in [0.1, 0.15) is 5.75 Å². The number of aliphatic hydroxyl groups is 1. The minimum atomic E-state index is 0.0639. The Morgan fingerprint density at radius 3 is 2.70 bits per heavy atom. The van der Waals surface area contributed by atoms with Crippen LogP contribution in [0.1, 0.15) is 29.7 Å². The van der Waals surface area contributed by atoms with Crippen LogP contribution < -0.4 is 10.1 Å². The number of benzene rings is 2. The highest BCUT2D eigenvalue weighted by Gasteiger charge is 2.09. The first-order valence-electron chi connectivity index (χ1n) is 6.75. The molecular formula is C17H21NO2. The van der Waals surface area contributed by atoms with Crippen molar-refractivity contribution in [2.45, 2.75) is 26.5 Å². The molecule has 0 bridgehead atoms. The predicted molar refractivity (Wildman–Crippen MR) is 82.1 cm³/mol. The maximum atomic E-state index is 9.21. The van der Waals surface area contributed by atoms with Crippen LogP contribution in [0.15, 0.2) is 42.5 Å². The van der Waals surface area contributed by atoms with Crippen molar-refractivity contribution in [3.63, 3.8) is 0 Å². The van der Waals surface area contributed by atoms with Crippen molar-refractivity contribution >= 4 is 5.69 Å². The summed E-state index contributed by atoms with van der Waals surface area (Å²) in [5.74, 6) is 0.843. The van der Waals surface area contributed by atoms with E-state index in [0.29, 0.717) is 0 Å². The van der Waals surface area contributed by atoms with Gasteiger partial charge >= 0.3 is 0 Å². The zero-order valence-corrected chi connectivity index (χ0v) is 12.2. The van der Waals surface area contributed by atoms with Crippen molar-refractivity contribution in [2.75, 3.05) is 12.4 Å². The number of aryl methyl sites for hydroxylation is 1. The molecule has 1 atom stereocenters. The summed E-state index contributed by atoms with van der Waals surface area (Å²) < 4.78 is 5.41. The molecule has 1 unspecified atom stereocenters. The molecule has 0 saturated carbocycles. The van der Waals surface area contributed by atoms with E-state index in [4.69, 9.17) is 4.74 Å². The summed E-state index contributed by atoms with van der Waals surface area (Å²) in [4.78, 5) is 0. The van der Waals surface area contributed by atoms with Crippen molar-refractivity contribution in [3.05, 3.63) is 59.2 Å². The van der Waals surface area contributed by atoms with Crippen molar-refractivity contribution < 1.29 is 9.84 Å². The highest BCUT2D eigenvalue weighted by atomic mass is 16.5. The van der Waals surface area contributed by atoms with Crippen molar-refractivity contribution in [1.82, 2.24) is 0 Å². The van der Waals surface area contributed by atoms with Gasteiger partial charge in [-0.25, -0.2) is 0 Å². The van der Waals surface area contributed by atoms with Gasteiger partial charge in [0.05, 0.1) is 19.4 Å². The van der Waals surface area contributed by atoms with Crippen LogP contribution in [0.25, 0.3) is 0 Å². The van der Waals surface area contributed by atoms with Crippen LogP contribution in [-0.4, -0.2) is 12.2 Å². The molecule has 0 aliphatic carbocycles. The molecule has 3 nitrogen and oxygen atoms in total. The van der Waals surface area contributed by atoms with Gasteiger partial charge in [-0.15, -0.1) is 0 Å². The summed E-state index contributed by atoms with van der Waals surface area (Å²) in [6.45, 7) is 4.20. The second kappa shape index (κ2) is 6.44. The van der Waals surface area contributed by atoms with Crippen LogP contribution in [0.3, 0.4) is 0 Å². The van der Waals surface area contributed by atoms with Crippen molar-refractivity contribution in [3.8, 4) is 5.75 Å². The van der Waals surface area contributed by atoms with Crippen LogP contribution >= 0.6 is 0 Å². The third kappa shape index (κ3) is 3.31. The molecule has 0 heterocycles. The van der Waals surface area contributed by atoms with Crippen molar-refractivity contribution in [1.29, 1.82) is 0 Å². The molecule has 2 aromatic rings. The third-order valence-electron chi connectivity index (χ3n) is 3.36. The summed E-state index contributed by atoms with van der Waals surface area (Å²) in [5, 5.41) is 12.7. The first kappa shape index (κ1) is 14.4. The highest BCUT2D eigenvalue weighted by molar-refractivity contribution is 5.58. The zero-order chi connectivity index (χ0) is 14.5. The van der Waals surface area contributed by atoms with Crippen LogP contribution in [-0.2, 0) is 6.61 Å². The van der Waals surface area contributed by atoms with E-state index < -0.39 is 0 Å². The number of anilines is 1. The van der Waals surface area contributed by atoms with Gasteiger partial charge in [-0.2, -0.15) is 0 Å². The third-order valence-corrected chi connectivity index (χ3v) is 3.36. The quantitative estimate of drug-likeness (QED) is 0.872. The number of aliphatic hydroxyl groups excluding tert-OH is 1. The minimum absolute atomic E-state index is 0.0639. The molecule has 0 fully saturated rings. The summed E-state index contributed by atoms with van der Waals surface area (Å²) in [5.41, 5.74) is 4.20. The molecule has 0 aliphatic rings. The fourth-order valence-corrected chi connectivity index (χ4v) is 2.20. The number of hydrogen-bond acceptors (Lipinski definition) is 3. The lowest BCUT2D eigenvalue weighted by Crippen LogP contribution is -2.08. The molecule has 0 amide bonds. The molecule has 3 heteroatoms. The van der Waals surface area contributed by atoms with E-state index in [9.17, 15) is 5.11 Å². The highest BCUT2D eigenvalue weighted by Crippen LogP contribution is 2.29. The second-order valence-corrected chi connectivity index (χ2v) is 4.97. The molecule has 2 rings (SSSR count). The van der Waals surface area contributed by atoms with Gasteiger partial charge < -0.3 is 15.2 Å². The smallest absolute Gasteiger partial charge is 0.142 e. The number of hydrogen-bond donors (Lipinski definition) is 2. The van der Waals surface area contributed by atoms with E-state index >= 15 is 0 Å². The molecule has 0 saturated heterocycles. The van der Waals surface area contributed by atoms with E-state index in [0.717, 1.165) is 22.6 Å². The molecule has 0 radical (unpaired) electrons. The Balaban J connectivity index is 2.20. The first-order chi connectivity index (χ1) is 9.63. The zero-order valence-electron chi connectivity index (χ0n) is 12.2. The lowest BCUT2D eigenvalue weighted by atomic mass is 10.0. The topological polar surface area (TPSA) is 41.5 Å². The lowest BCUT2D eigenvalue weighted by Gasteiger charge is -2.19. The number of methoxy groups -OCH3 is 1. The van der Waals surface area contributed by atoms with E-state index in [1.807, 2.05) is 37.3 Å². The van der Waals surface area contributed by atoms with Gasteiger partial charge in [0.15, 0.2) is 0 Å². The maximum Gasteiger partial charge on any atom is 0.142 e. The van der Waals surface area contributed by atoms with Crippen LogP contribution in [0.4, 0.5) is 5.69 Å².